The van der Waals surface area contributed by atoms with Crippen LogP contribution in [0.4, 0.5) is 23.5 Å². The predicted octanol–water partition coefficient (Wildman–Crippen LogP) is 2.42. The van der Waals surface area contributed by atoms with E-state index >= 15 is 0 Å². The largest absolute Gasteiger partial charge is 0.378 e. The first kappa shape index (κ1) is 38.0. The average Bonchev–Trinajstić information content (AvgIpc) is 3.11. The Kier molecular flexibility index (Phi) is 18.9. The number of nitrogens with two attached hydrogens (primary N) is 1. The molecule has 2 amide bonds. The third-order valence-electron chi connectivity index (χ3n) is 6.49. The van der Waals surface area contributed by atoms with Crippen molar-refractivity contribution in [3.8, 4) is 0 Å². The fraction of sp³-hybridized carbons (Fsp3) is 0.485. The van der Waals surface area contributed by atoms with Crippen molar-refractivity contribution in [2.75, 3.05) is 102 Å². The first-order chi connectivity index (χ1) is 23.6. The minimum Gasteiger partial charge on any atom is -0.378 e. The fourth-order valence-corrected chi connectivity index (χ4v) is 4.03. The van der Waals surface area contributed by atoms with Gasteiger partial charge in [-0.2, -0.15) is 15.0 Å². The molecule has 1 heterocycles. The van der Waals surface area contributed by atoms with Gasteiger partial charge in [0.05, 0.1) is 52.9 Å². The first-order valence-electron chi connectivity index (χ1n) is 16.3. The van der Waals surface area contributed by atoms with Gasteiger partial charge in [0.2, 0.25) is 17.8 Å². The second kappa shape index (κ2) is 23.8. The molecule has 15 heteroatoms. The number of nitrogens with one attached hydrogen (secondary N) is 5. The molecule has 0 saturated heterocycles. The summed E-state index contributed by atoms with van der Waals surface area (Å²) in [6, 6.07) is 16.1. The van der Waals surface area contributed by atoms with Crippen LogP contribution >= 0.6 is 0 Å². The van der Waals surface area contributed by atoms with Crippen LogP contribution in [0, 0.1) is 0 Å². The number of benzene rings is 2. The Morgan fingerprint density at radius 2 is 1.10 bits per heavy atom. The molecule has 3 aromatic rings. The summed E-state index contributed by atoms with van der Waals surface area (Å²) >= 11 is 0. The zero-order chi connectivity index (χ0) is 34.1. The number of aromatic nitrogens is 3. The van der Waals surface area contributed by atoms with Crippen molar-refractivity contribution in [1.82, 2.24) is 25.6 Å². The summed E-state index contributed by atoms with van der Waals surface area (Å²) in [5.74, 6) is 0.870. The van der Waals surface area contributed by atoms with E-state index in [-0.39, 0.29) is 11.8 Å². The highest BCUT2D eigenvalue weighted by atomic mass is 16.5. The van der Waals surface area contributed by atoms with E-state index in [0.29, 0.717) is 114 Å². The van der Waals surface area contributed by atoms with E-state index < -0.39 is 0 Å². The molecule has 7 N–H and O–H groups in total. The lowest BCUT2D eigenvalue weighted by Gasteiger charge is -2.12. The summed E-state index contributed by atoms with van der Waals surface area (Å²) in [5, 5.41) is 15.3. The monoisotopic (exact) mass is 667 g/mol. The van der Waals surface area contributed by atoms with E-state index in [1.165, 1.54) is 0 Å². The minimum absolute atomic E-state index is 0.126. The summed E-state index contributed by atoms with van der Waals surface area (Å²) in [7, 11) is 0. The number of carbonyl (C=O) groups is 2. The molecule has 3 rings (SSSR count). The van der Waals surface area contributed by atoms with Crippen molar-refractivity contribution in [3.63, 3.8) is 0 Å². The quantitative estimate of drug-likeness (QED) is 0.0684. The van der Waals surface area contributed by atoms with Crippen LogP contribution < -0.4 is 32.3 Å². The zero-order valence-electron chi connectivity index (χ0n) is 27.7. The topological polar surface area (TPSA) is 196 Å². The number of hydrogen-bond donors (Lipinski definition) is 6. The van der Waals surface area contributed by atoms with Gasteiger partial charge in [-0.25, -0.2) is 0 Å². The third-order valence-corrected chi connectivity index (χ3v) is 6.49. The van der Waals surface area contributed by atoms with Crippen molar-refractivity contribution >= 4 is 35.3 Å². The van der Waals surface area contributed by atoms with Crippen molar-refractivity contribution in [1.29, 1.82) is 0 Å². The van der Waals surface area contributed by atoms with Gasteiger partial charge in [0.25, 0.3) is 11.8 Å². The number of carbonyl (C=O) groups excluding carboxylic acids is 2. The number of amides is 2. The molecule has 0 spiro atoms. The molecule has 0 radical (unpaired) electrons. The zero-order valence-corrected chi connectivity index (χ0v) is 27.7. The lowest BCUT2D eigenvalue weighted by molar-refractivity contribution is 0.0511. The molecule has 1 aromatic heterocycles. The highest BCUT2D eigenvalue weighted by Gasteiger charge is 2.09. The van der Waals surface area contributed by atoms with Gasteiger partial charge in [-0.15, -0.1) is 0 Å². The maximum absolute atomic E-state index is 12.5. The van der Waals surface area contributed by atoms with Crippen LogP contribution in [0.2, 0.25) is 0 Å². The molecule has 0 aliphatic rings. The molecule has 48 heavy (non-hydrogen) atoms. The molecule has 15 nitrogen and oxygen atoms in total. The van der Waals surface area contributed by atoms with Crippen molar-refractivity contribution < 1.29 is 28.5 Å². The molecule has 2 aromatic carbocycles. The molecule has 0 aliphatic heterocycles. The summed E-state index contributed by atoms with van der Waals surface area (Å²) in [4.78, 5) is 38.0. The van der Waals surface area contributed by atoms with Crippen LogP contribution in [-0.2, 0) is 18.9 Å². The van der Waals surface area contributed by atoms with Gasteiger partial charge in [0, 0.05) is 49.5 Å². The van der Waals surface area contributed by atoms with Crippen molar-refractivity contribution in [3.05, 3.63) is 65.7 Å². The second-order valence-electron chi connectivity index (χ2n) is 10.3. The smallest absolute Gasteiger partial charge is 0.251 e. The van der Waals surface area contributed by atoms with Gasteiger partial charge < -0.3 is 51.3 Å². The van der Waals surface area contributed by atoms with Crippen molar-refractivity contribution in [2.24, 2.45) is 5.73 Å². The van der Waals surface area contributed by atoms with Crippen molar-refractivity contribution in [2.45, 2.75) is 19.8 Å². The maximum Gasteiger partial charge on any atom is 0.251 e. The Balaban J connectivity index is 1.37. The Morgan fingerprint density at radius 3 is 1.67 bits per heavy atom. The number of nitrogens with zero attached hydrogens (tertiary/aromatic N) is 3. The third kappa shape index (κ3) is 15.9. The number of anilines is 4. The molecule has 0 aliphatic carbocycles. The van der Waals surface area contributed by atoms with Gasteiger partial charge in [-0.1, -0.05) is 31.5 Å². The first-order valence-corrected chi connectivity index (χ1v) is 16.3. The normalized spacial score (nSPS) is 10.8. The van der Waals surface area contributed by atoms with Crippen LogP contribution in [0.15, 0.2) is 54.6 Å². The molecule has 262 valence electrons. The van der Waals surface area contributed by atoms with E-state index in [1.54, 1.807) is 36.4 Å². The Labute approximate surface area is 282 Å². The molecular formula is C33H49N9O6. The van der Waals surface area contributed by atoms with Crippen LogP contribution in [0.5, 0.6) is 0 Å². The van der Waals surface area contributed by atoms with E-state index in [4.69, 9.17) is 24.7 Å². The highest BCUT2D eigenvalue weighted by molar-refractivity contribution is 5.94. The summed E-state index contributed by atoms with van der Waals surface area (Å²) < 4.78 is 21.9. The molecule has 0 atom stereocenters. The standard InChI is InChI=1S/C33H49N9O6/c1-2-3-14-37-31-40-32(38-17-21-48-25-24-47-19-15-35-29(43)26-7-5-4-6-8-26)42-33(41-31)39-28-11-9-27(10-12-28)30(44)36-16-20-46-23-22-45-18-13-34/h4-12H,2-3,13-25,34H2,1H3,(H,35,43)(H,36,44)(H3,37,38,39,40,41,42). The minimum atomic E-state index is -0.195. The molecule has 0 saturated carbocycles. The Hall–Kier alpha value is -4.41. The SMILES string of the molecule is CCCCNc1nc(NCCOCCOCCNC(=O)c2ccccc2)nc(Nc2ccc(C(=O)NCCOCCOCCN)cc2)n1. The lowest BCUT2D eigenvalue weighted by Crippen LogP contribution is -2.27. The van der Waals surface area contributed by atoms with E-state index in [2.05, 4.69) is 48.5 Å². The number of unbranched alkanes of at least 4 members (excludes halogenated alkanes) is 1. The fourth-order valence-electron chi connectivity index (χ4n) is 4.03. The number of ether oxygens (including phenoxy) is 4. The summed E-state index contributed by atoms with van der Waals surface area (Å²) in [6.45, 7) is 8.05. The number of hydrogen-bond acceptors (Lipinski definition) is 13. The Morgan fingerprint density at radius 1 is 0.604 bits per heavy atom. The highest BCUT2D eigenvalue weighted by Crippen LogP contribution is 2.17. The predicted molar refractivity (Wildman–Crippen MR) is 185 cm³/mol. The van der Waals surface area contributed by atoms with E-state index in [0.717, 1.165) is 19.4 Å². The number of rotatable bonds is 26. The van der Waals surface area contributed by atoms with Gasteiger partial charge in [0.15, 0.2) is 0 Å². The van der Waals surface area contributed by atoms with Gasteiger partial charge in [0.1, 0.15) is 0 Å². The van der Waals surface area contributed by atoms with E-state index in [9.17, 15) is 9.59 Å². The molecule has 0 unspecified atom stereocenters. The summed E-state index contributed by atoms with van der Waals surface area (Å²) in [5.41, 5.74) is 7.22. The average molecular weight is 668 g/mol. The van der Waals surface area contributed by atoms with Gasteiger partial charge in [-0.3, -0.25) is 9.59 Å². The van der Waals surface area contributed by atoms with Gasteiger partial charge in [-0.05, 0) is 42.8 Å². The maximum atomic E-state index is 12.5. The second-order valence-corrected chi connectivity index (χ2v) is 10.3. The molecule has 0 fully saturated rings. The molecular weight excluding hydrogens is 618 g/mol. The van der Waals surface area contributed by atoms with Gasteiger partial charge >= 0.3 is 0 Å². The lowest BCUT2D eigenvalue weighted by atomic mass is 10.2. The molecule has 0 bridgehead atoms. The van der Waals surface area contributed by atoms with E-state index in [1.807, 2.05) is 18.2 Å². The van der Waals surface area contributed by atoms with Crippen LogP contribution in [0.3, 0.4) is 0 Å². The Bertz CT molecular complexity index is 1320. The van der Waals surface area contributed by atoms with Crippen LogP contribution in [0.25, 0.3) is 0 Å². The van der Waals surface area contributed by atoms with Crippen LogP contribution in [0.1, 0.15) is 40.5 Å². The summed E-state index contributed by atoms with van der Waals surface area (Å²) in [6.07, 6.45) is 2.01. The van der Waals surface area contributed by atoms with Crippen LogP contribution in [-0.4, -0.2) is 112 Å².